The van der Waals surface area contributed by atoms with Gasteiger partial charge < -0.3 is 14.2 Å². The van der Waals surface area contributed by atoms with Crippen LogP contribution in [-0.2, 0) is 23.8 Å². The summed E-state index contributed by atoms with van der Waals surface area (Å²) in [6.45, 7) is 5.29. The third kappa shape index (κ3) is 4.34. The number of carbonyl (C=O) groups is 2. The van der Waals surface area contributed by atoms with Crippen molar-refractivity contribution in [1.29, 1.82) is 0 Å². The van der Waals surface area contributed by atoms with Crippen LogP contribution in [0.4, 0.5) is 0 Å². The summed E-state index contributed by atoms with van der Waals surface area (Å²) < 4.78 is 15.0. The van der Waals surface area contributed by atoms with Crippen LogP contribution in [0.25, 0.3) is 0 Å². The van der Waals surface area contributed by atoms with Crippen LogP contribution < -0.4 is 0 Å². The summed E-state index contributed by atoms with van der Waals surface area (Å²) in [5.41, 5.74) is 0. The Kier molecular flexibility index (Phi) is 5.97. The molecule has 5 nitrogen and oxygen atoms in total. The molecule has 5 heteroatoms. The predicted octanol–water partition coefficient (Wildman–Crippen LogP) is 1.16. The smallest absolute Gasteiger partial charge is 0.320 e. The van der Waals surface area contributed by atoms with E-state index in [9.17, 15) is 9.59 Å². The maximum atomic E-state index is 11.7. The van der Waals surface area contributed by atoms with Gasteiger partial charge in [0.25, 0.3) is 0 Å². The first-order valence-corrected chi connectivity index (χ1v) is 6.10. The highest BCUT2D eigenvalue weighted by Gasteiger charge is 2.33. The second-order valence-corrected chi connectivity index (χ2v) is 4.02. The molecule has 0 amide bonds. The van der Waals surface area contributed by atoms with Crippen molar-refractivity contribution < 1.29 is 23.8 Å². The molecule has 17 heavy (non-hydrogen) atoms. The zero-order valence-corrected chi connectivity index (χ0v) is 10.4. The fourth-order valence-corrected chi connectivity index (χ4v) is 1.88. The van der Waals surface area contributed by atoms with Crippen LogP contribution in [-0.4, -0.2) is 38.4 Å². The summed E-state index contributed by atoms with van der Waals surface area (Å²) in [6.07, 6.45) is 1.34. The fourth-order valence-electron chi connectivity index (χ4n) is 1.88. The molecule has 1 atom stereocenters. The number of esters is 2. The van der Waals surface area contributed by atoms with Crippen molar-refractivity contribution in [3.05, 3.63) is 0 Å². The Morgan fingerprint density at radius 2 is 1.82 bits per heavy atom. The monoisotopic (exact) mass is 244 g/mol. The minimum absolute atomic E-state index is 0.244. The minimum Gasteiger partial charge on any atom is -0.465 e. The summed E-state index contributed by atoms with van der Waals surface area (Å²) in [7, 11) is 0. The number of carbonyl (C=O) groups excluding carboxylic acids is 2. The highest BCUT2D eigenvalue weighted by atomic mass is 16.6. The topological polar surface area (TPSA) is 61.8 Å². The van der Waals surface area contributed by atoms with E-state index in [0.717, 1.165) is 6.42 Å². The summed E-state index contributed by atoms with van der Waals surface area (Å²) in [5, 5.41) is 0. The van der Waals surface area contributed by atoms with E-state index in [2.05, 4.69) is 0 Å². The van der Waals surface area contributed by atoms with Gasteiger partial charge in [-0.25, -0.2) is 0 Å². The van der Waals surface area contributed by atoms with Crippen molar-refractivity contribution in [1.82, 2.24) is 0 Å². The van der Waals surface area contributed by atoms with Crippen LogP contribution in [0, 0.1) is 11.8 Å². The highest BCUT2D eigenvalue weighted by Crippen LogP contribution is 2.23. The van der Waals surface area contributed by atoms with Crippen molar-refractivity contribution in [2.24, 2.45) is 11.8 Å². The summed E-state index contributed by atoms with van der Waals surface area (Å²) in [4.78, 5) is 23.4. The van der Waals surface area contributed by atoms with E-state index in [1.54, 1.807) is 13.8 Å². The van der Waals surface area contributed by atoms with Gasteiger partial charge in [-0.3, -0.25) is 9.59 Å². The second kappa shape index (κ2) is 7.27. The first-order valence-electron chi connectivity index (χ1n) is 6.10. The van der Waals surface area contributed by atoms with Crippen molar-refractivity contribution in [2.45, 2.75) is 26.7 Å². The number of ether oxygens (including phenoxy) is 3. The molecular weight excluding hydrogens is 224 g/mol. The maximum absolute atomic E-state index is 11.7. The molecule has 98 valence electrons. The van der Waals surface area contributed by atoms with Crippen molar-refractivity contribution >= 4 is 11.9 Å². The lowest BCUT2D eigenvalue weighted by Gasteiger charge is -2.16. The first kappa shape index (κ1) is 14.0. The quantitative estimate of drug-likeness (QED) is 0.518. The van der Waals surface area contributed by atoms with Crippen molar-refractivity contribution in [3.63, 3.8) is 0 Å². The average Bonchev–Trinajstić information content (AvgIpc) is 2.79. The van der Waals surface area contributed by atoms with Crippen molar-refractivity contribution in [3.8, 4) is 0 Å². The molecule has 0 spiro atoms. The molecule has 0 saturated carbocycles. The summed E-state index contributed by atoms with van der Waals surface area (Å²) >= 11 is 0. The Labute approximate surface area is 101 Å². The summed E-state index contributed by atoms with van der Waals surface area (Å²) in [6, 6.07) is 0. The van der Waals surface area contributed by atoms with E-state index in [1.165, 1.54) is 0 Å². The van der Waals surface area contributed by atoms with Crippen LogP contribution >= 0.6 is 0 Å². The molecule has 1 aliphatic rings. The lowest BCUT2D eigenvalue weighted by molar-refractivity contribution is -0.162. The molecule has 0 N–H and O–H groups in total. The van der Waals surface area contributed by atoms with Gasteiger partial charge in [-0.15, -0.1) is 0 Å². The van der Waals surface area contributed by atoms with Gasteiger partial charge in [0.15, 0.2) is 5.92 Å². The number of hydrogen-bond donors (Lipinski definition) is 0. The number of hydrogen-bond acceptors (Lipinski definition) is 5. The zero-order chi connectivity index (χ0) is 12.7. The normalized spacial score (nSPS) is 19.4. The number of rotatable bonds is 6. The molecular formula is C12H20O5. The van der Waals surface area contributed by atoms with E-state index in [4.69, 9.17) is 14.2 Å². The van der Waals surface area contributed by atoms with E-state index in [0.29, 0.717) is 19.6 Å². The van der Waals surface area contributed by atoms with Crippen LogP contribution in [0.3, 0.4) is 0 Å². The Hall–Kier alpha value is -1.10. The molecule has 1 unspecified atom stereocenters. The molecule has 0 radical (unpaired) electrons. The van der Waals surface area contributed by atoms with Gasteiger partial charge in [0, 0.05) is 13.2 Å². The van der Waals surface area contributed by atoms with E-state index in [-0.39, 0.29) is 19.1 Å². The molecule has 1 fully saturated rings. The molecule has 0 aromatic rings. The van der Waals surface area contributed by atoms with Gasteiger partial charge >= 0.3 is 11.9 Å². The van der Waals surface area contributed by atoms with Crippen molar-refractivity contribution in [2.75, 3.05) is 26.4 Å². The zero-order valence-electron chi connectivity index (χ0n) is 10.4. The molecule has 0 aromatic carbocycles. The van der Waals surface area contributed by atoms with E-state index >= 15 is 0 Å². The van der Waals surface area contributed by atoms with Gasteiger partial charge in [0.1, 0.15) is 0 Å². The standard InChI is InChI=1S/C12H20O5/c1-3-16-11(13)10(12(14)17-4-2)7-9-5-6-15-8-9/h9-10H,3-8H2,1-2H3. The molecule has 1 heterocycles. The average molecular weight is 244 g/mol. The molecule has 1 aliphatic heterocycles. The molecule has 0 aromatic heterocycles. The highest BCUT2D eigenvalue weighted by molar-refractivity contribution is 5.94. The van der Waals surface area contributed by atoms with Crippen LogP contribution in [0.1, 0.15) is 26.7 Å². The Morgan fingerprint density at radius 3 is 2.24 bits per heavy atom. The van der Waals surface area contributed by atoms with E-state index in [1.807, 2.05) is 0 Å². The third-order valence-corrected chi connectivity index (χ3v) is 2.74. The van der Waals surface area contributed by atoms with Gasteiger partial charge in [0.05, 0.1) is 13.2 Å². The van der Waals surface area contributed by atoms with Crippen LogP contribution in [0.5, 0.6) is 0 Å². The maximum Gasteiger partial charge on any atom is 0.320 e. The SMILES string of the molecule is CCOC(=O)C(CC1CCOC1)C(=O)OCC. The molecule has 0 aliphatic carbocycles. The van der Waals surface area contributed by atoms with E-state index < -0.39 is 17.9 Å². The predicted molar refractivity (Wildman–Crippen MR) is 60.3 cm³/mol. The fraction of sp³-hybridized carbons (Fsp3) is 0.833. The Bertz CT molecular complexity index is 240. The van der Waals surface area contributed by atoms with Gasteiger partial charge in [-0.05, 0) is 32.6 Å². The Morgan fingerprint density at radius 1 is 1.24 bits per heavy atom. The largest absolute Gasteiger partial charge is 0.465 e. The minimum atomic E-state index is -0.804. The lowest BCUT2D eigenvalue weighted by atomic mass is 9.94. The second-order valence-electron chi connectivity index (χ2n) is 4.02. The lowest BCUT2D eigenvalue weighted by Crippen LogP contribution is -2.30. The first-order chi connectivity index (χ1) is 8.19. The van der Waals surface area contributed by atoms with Gasteiger partial charge in [-0.2, -0.15) is 0 Å². The molecule has 1 rings (SSSR count). The van der Waals surface area contributed by atoms with Crippen LogP contribution in [0.15, 0.2) is 0 Å². The summed E-state index contributed by atoms with van der Waals surface area (Å²) in [5.74, 6) is -1.54. The van der Waals surface area contributed by atoms with Gasteiger partial charge in [-0.1, -0.05) is 0 Å². The molecule has 1 saturated heterocycles. The van der Waals surface area contributed by atoms with Crippen LogP contribution in [0.2, 0.25) is 0 Å². The van der Waals surface area contributed by atoms with Gasteiger partial charge in [0.2, 0.25) is 0 Å². The Balaban J connectivity index is 2.56. The third-order valence-electron chi connectivity index (χ3n) is 2.74. The molecule has 0 bridgehead atoms.